The summed E-state index contributed by atoms with van der Waals surface area (Å²) in [5, 5.41) is 1.88. The predicted octanol–water partition coefficient (Wildman–Crippen LogP) is 2.20. The number of imide groups is 1. The molecule has 23 heavy (non-hydrogen) atoms. The van der Waals surface area contributed by atoms with Crippen LogP contribution >= 0.6 is 0 Å². The van der Waals surface area contributed by atoms with Crippen LogP contribution in [0.3, 0.4) is 0 Å². The first-order valence-electron chi connectivity index (χ1n) is 8.07. The number of hydrogen-bond donors (Lipinski definition) is 0. The van der Waals surface area contributed by atoms with Crippen LogP contribution < -0.4 is 0 Å². The lowest BCUT2D eigenvalue weighted by atomic mass is 9.92. The van der Waals surface area contributed by atoms with Gasteiger partial charge in [-0.05, 0) is 18.9 Å². The molecule has 2 saturated heterocycles. The summed E-state index contributed by atoms with van der Waals surface area (Å²) < 4.78 is 4.88. The van der Waals surface area contributed by atoms with Crippen molar-refractivity contribution in [2.45, 2.75) is 39.0 Å². The molecule has 0 unspecified atom stereocenters. The van der Waals surface area contributed by atoms with Crippen LogP contribution in [0, 0.1) is 5.92 Å². The molecule has 6 nitrogen and oxygen atoms in total. The third-order valence-corrected chi connectivity index (χ3v) is 4.50. The van der Waals surface area contributed by atoms with Crippen molar-refractivity contribution < 1.29 is 19.2 Å². The summed E-state index contributed by atoms with van der Waals surface area (Å²) in [4.78, 5) is 31.6. The second kappa shape index (κ2) is 6.68. The summed E-state index contributed by atoms with van der Waals surface area (Å²) in [7, 11) is 0. The third-order valence-electron chi connectivity index (χ3n) is 4.50. The Balaban J connectivity index is 1.75. The Morgan fingerprint density at radius 1 is 1.30 bits per heavy atom. The minimum Gasteiger partial charge on any atom is -0.447 e. The molecule has 0 spiro atoms. The molecule has 0 saturated carbocycles. The molecule has 1 aromatic rings. The Morgan fingerprint density at radius 3 is 2.65 bits per heavy atom. The quantitative estimate of drug-likeness (QED) is 0.852. The molecule has 1 aromatic carbocycles. The highest BCUT2D eigenvalue weighted by molar-refractivity contribution is 5.95. The highest BCUT2D eigenvalue weighted by Gasteiger charge is 2.47. The number of hydroxylamine groups is 2. The molecule has 2 amide bonds. The topological polar surface area (TPSA) is 59.1 Å². The van der Waals surface area contributed by atoms with Gasteiger partial charge in [0.2, 0.25) is 5.91 Å². The van der Waals surface area contributed by atoms with Gasteiger partial charge in [0.25, 0.3) is 0 Å². The molecule has 6 heteroatoms. The van der Waals surface area contributed by atoms with Crippen LogP contribution in [-0.2, 0) is 20.9 Å². The number of cyclic esters (lactones) is 1. The maximum atomic E-state index is 12.8. The fourth-order valence-electron chi connectivity index (χ4n) is 3.36. The first-order chi connectivity index (χ1) is 11.1. The number of ether oxygens (including phenoxy) is 1. The van der Waals surface area contributed by atoms with Crippen molar-refractivity contribution in [3.63, 3.8) is 0 Å². The fraction of sp³-hybridized carbons (Fsp3) is 0.529. The monoisotopic (exact) mass is 318 g/mol. The van der Waals surface area contributed by atoms with E-state index in [4.69, 9.17) is 9.57 Å². The minimum atomic E-state index is -0.543. The number of carbonyl (C=O) groups is 2. The fourth-order valence-corrected chi connectivity index (χ4v) is 3.36. The molecule has 2 heterocycles. The van der Waals surface area contributed by atoms with E-state index in [1.165, 1.54) is 4.90 Å². The Hall–Kier alpha value is -1.92. The van der Waals surface area contributed by atoms with Crippen molar-refractivity contribution in [2.24, 2.45) is 5.92 Å². The van der Waals surface area contributed by atoms with E-state index in [1.54, 1.807) is 0 Å². The highest BCUT2D eigenvalue weighted by atomic mass is 16.7. The molecular formula is C17H22N2O4. The summed E-state index contributed by atoms with van der Waals surface area (Å²) in [6.07, 6.45) is -0.0284. The van der Waals surface area contributed by atoms with Crippen LogP contribution in [0.4, 0.5) is 4.79 Å². The van der Waals surface area contributed by atoms with E-state index in [1.807, 2.05) is 49.2 Å². The van der Waals surface area contributed by atoms with Gasteiger partial charge in [0.05, 0.1) is 18.6 Å². The van der Waals surface area contributed by atoms with Crippen LogP contribution in [0.15, 0.2) is 30.3 Å². The van der Waals surface area contributed by atoms with Gasteiger partial charge < -0.3 is 4.74 Å². The third kappa shape index (κ3) is 3.09. The average Bonchev–Trinajstić information content (AvgIpc) is 3.10. The largest absolute Gasteiger partial charge is 0.447 e. The zero-order valence-corrected chi connectivity index (χ0v) is 13.5. The van der Waals surface area contributed by atoms with Gasteiger partial charge in [-0.25, -0.2) is 9.69 Å². The van der Waals surface area contributed by atoms with Gasteiger partial charge in [-0.2, -0.15) is 5.06 Å². The Bertz CT molecular complexity index is 577. The van der Waals surface area contributed by atoms with E-state index in [0.717, 1.165) is 12.0 Å². The SMILES string of the molecule is CC[C@@H]1[C@@H](C(=O)N2CCOC2=O)[C@H](C)ON1Cc1ccccc1. The lowest BCUT2D eigenvalue weighted by molar-refractivity contribution is -0.165. The molecule has 0 N–H and O–H groups in total. The number of benzene rings is 1. The van der Waals surface area contributed by atoms with Crippen molar-refractivity contribution in [1.82, 2.24) is 9.96 Å². The lowest BCUT2D eigenvalue weighted by Crippen LogP contribution is -2.44. The van der Waals surface area contributed by atoms with Gasteiger partial charge in [0.15, 0.2) is 0 Å². The Labute approximate surface area is 135 Å². The molecule has 2 aliphatic heterocycles. The van der Waals surface area contributed by atoms with E-state index in [0.29, 0.717) is 13.1 Å². The molecule has 0 aliphatic carbocycles. The molecule has 0 bridgehead atoms. The molecule has 0 aromatic heterocycles. The molecular weight excluding hydrogens is 296 g/mol. The van der Waals surface area contributed by atoms with E-state index in [-0.39, 0.29) is 30.6 Å². The summed E-state index contributed by atoms with van der Waals surface area (Å²) in [5.74, 6) is -0.545. The van der Waals surface area contributed by atoms with Crippen LogP contribution in [0.25, 0.3) is 0 Å². The van der Waals surface area contributed by atoms with Gasteiger partial charge in [-0.3, -0.25) is 9.63 Å². The smallest absolute Gasteiger partial charge is 0.416 e. The first-order valence-corrected chi connectivity index (χ1v) is 8.07. The van der Waals surface area contributed by atoms with Gasteiger partial charge in [0.1, 0.15) is 6.61 Å². The average molecular weight is 318 g/mol. The number of amides is 2. The van der Waals surface area contributed by atoms with Crippen molar-refractivity contribution in [2.75, 3.05) is 13.2 Å². The number of rotatable bonds is 4. The molecule has 0 radical (unpaired) electrons. The lowest BCUT2D eigenvalue weighted by Gasteiger charge is -2.25. The van der Waals surface area contributed by atoms with E-state index < -0.39 is 6.09 Å². The summed E-state index contributed by atoms with van der Waals surface area (Å²) in [5.41, 5.74) is 1.13. The zero-order valence-electron chi connectivity index (χ0n) is 13.5. The second-order valence-electron chi connectivity index (χ2n) is 5.98. The Kier molecular flexibility index (Phi) is 4.63. The number of nitrogens with zero attached hydrogens (tertiary/aromatic N) is 2. The summed E-state index contributed by atoms with van der Waals surface area (Å²) in [6.45, 7) is 5.15. The standard InChI is InChI=1S/C17H22N2O4/c1-3-14-15(16(20)18-9-10-22-17(18)21)12(2)23-19(14)11-13-7-5-4-6-8-13/h4-8,12,14-15H,3,9-11H2,1-2H3/t12-,14+,15-/m0/s1. The Morgan fingerprint density at radius 2 is 2.04 bits per heavy atom. The normalized spacial score (nSPS) is 28.2. The molecule has 2 fully saturated rings. The summed E-state index contributed by atoms with van der Waals surface area (Å²) in [6, 6.07) is 9.96. The van der Waals surface area contributed by atoms with Crippen LogP contribution in [0.1, 0.15) is 25.8 Å². The van der Waals surface area contributed by atoms with E-state index in [2.05, 4.69) is 0 Å². The van der Waals surface area contributed by atoms with E-state index >= 15 is 0 Å². The first kappa shape index (κ1) is 16.0. The molecule has 2 aliphatic rings. The number of hydrogen-bond acceptors (Lipinski definition) is 5. The minimum absolute atomic E-state index is 0.0499. The maximum absolute atomic E-state index is 12.8. The van der Waals surface area contributed by atoms with Crippen LogP contribution in [0.5, 0.6) is 0 Å². The number of carbonyl (C=O) groups excluding carboxylic acids is 2. The van der Waals surface area contributed by atoms with Gasteiger partial charge >= 0.3 is 6.09 Å². The van der Waals surface area contributed by atoms with Crippen LogP contribution in [-0.4, -0.2) is 47.3 Å². The van der Waals surface area contributed by atoms with Crippen molar-refractivity contribution in [1.29, 1.82) is 0 Å². The van der Waals surface area contributed by atoms with Crippen molar-refractivity contribution in [3.05, 3.63) is 35.9 Å². The summed E-state index contributed by atoms with van der Waals surface area (Å²) >= 11 is 0. The molecule has 124 valence electrons. The molecule has 3 rings (SSSR count). The second-order valence-corrected chi connectivity index (χ2v) is 5.98. The van der Waals surface area contributed by atoms with Gasteiger partial charge in [-0.15, -0.1) is 0 Å². The van der Waals surface area contributed by atoms with Gasteiger partial charge in [0, 0.05) is 12.6 Å². The van der Waals surface area contributed by atoms with Crippen molar-refractivity contribution >= 4 is 12.0 Å². The van der Waals surface area contributed by atoms with Gasteiger partial charge in [-0.1, -0.05) is 37.3 Å². The van der Waals surface area contributed by atoms with Crippen molar-refractivity contribution in [3.8, 4) is 0 Å². The van der Waals surface area contributed by atoms with E-state index in [9.17, 15) is 9.59 Å². The predicted molar refractivity (Wildman–Crippen MR) is 83.2 cm³/mol. The molecule has 3 atom stereocenters. The van der Waals surface area contributed by atoms with Crippen LogP contribution in [0.2, 0.25) is 0 Å². The highest BCUT2D eigenvalue weighted by Crippen LogP contribution is 2.33. The maximum Gasteiger partial charge on any atom is 0.416 e. The zero-order chi connectivity index (χ0) is 16.4.